The van der Waals surface area contributed by atoms with Crippen molar-refractivity contribution in [3.63, 3.8) is 0 Å². The van der Waals surface area contributed by atoms with Crippen molar-refractivity contribution in [2.24, 2.45) is 0 Å². The molecule has 0 radical (unpaired) electrons. The van der Waals surface area contributed by atoms with Crippen molar-refractivity contribution in [1.29, 1.82) is 0 Å². The smallest absolute Gasteiger partial charge is 0.273 e. The number of aromatic nitrogens is 1. The second kappa shape index (κ2) is 7.65. The van der Waals surface area contributed by atoms with Gasteiger partial charge in [-0.1, -0.05) is 17.3 Å². The maximum atomic E-state index is 12.0. The molecule has 6 nitrogen and oxygen atoms in total. The maximum absolute atomic E-state index is 12.0. The van der Waals surface area contributed by atoms with E-state index < -0.39 is 0 Å². The maximum Gasteiger partial charge on any atom is 0.273 e. The van der Waals surface area contributed by atoms with Crippen LogP contribution in [-0.4, -0.2) is 31.3 Å². The standard InChI is InChI=1S/C17H16N2O4S/c1-21-12-4-2-5-13(10-12)22-8-7-18-17(20)14-11-15(23-19-14)16-6-3-9-24-16/h2-6,9-11H,7-8H2,1H3,(H,18,20). The first-order valence-corrected chi connectivity index (χ1v) is 8.20. The molecular formula is C17H16N2O4S. The molecule has 2 aromatic heterocycles. The molecular weight excluding hydrogens is 328 g/mol. The van der Waals surface area contributed by atoms with Crippen molar-refractivity contribution in [2.45, 2.75) is 0 Å². The first-order chi connectivity index (χ1) is 11.8. The molecule has 0 aliphatic rings. The lowest BCUT2D eigenvalue weighted by molar-refractivity contribution is 0.0938. The van der Waals surface area contributed by atoms with E-state index in [1.807, 2.05) is 35.7 Å². The fourth-order valence-corrected chi connectivity index (χ4v) is 2.71. The average molecular weight is 344 g/mol. The summed E-state index contributed by atoms with van der Waals surface area (Å²) in [6.07, 6.45) is 0. The fraction of sp³-hybridized carbons (Fsp3) is 0.176. The Balaban J connectivity index is 1.47. The van der Waals surface area contributed by atoms with Gasteiger partial charge in [0.1, 0.15) is 18.1 Å². The van der Waals surface area contributed by atoms with E-state index >= 15 is 0 Å². The summed E-state index contributed by atoms with van der Waals surface area (Å²) in [4.78, 5) is 13.0. The molecule has 1 amide bonds. The van der Waals surface area contributed by atoms with Gasteiger partial charge in [-0.25, -0.2) is 0 Å². The van der Waals surface area contributed by atoms with Crippen molar-refractivity contribution in [1.82, 2.24) is 10.5 Å². The van der Waals surface area contributed by atoms with Crippen molar-refractivity contribution in [3.05, 3.63) is 53.5 Å². The molecule has 0 bridgehead atoms. The van der Waals surface area contributed by atoms with Crippen LogP contribution in [0.4, 0.5) is 0 Å². The summed E-state index contributed by atoms with van der Waals surface area (Å²) in [7, 11) is 1.60. The lowest BCUT2D eigenvalue weighted by Crippen LogP contribution is -2.28. The van der Waals surface area contributed by atoms with E-state index in [-0.39, 0.29) is 11.6 Å². The van der Waals surface area contributed by atoms with Gasteiger partial charge < -0.3 is 19.3 Å². The minimum absolute atomic E-state index is 0.250. The molecule has 0 fully saturated rings. The predicted octanol–water partition coefficient (Wildman–Crippen LogP) is 3.22. The van der Waals surface area contributed by atoms with Gasteiger partial charge in [-0.05, 0) is 23.6 Å². The lowest BCUT2D eigenvalue weighted by Gasteiger charge is -2.08. The number of nitrogens with zero attached hydrogens (tertiary/aromatic N) is 1. The van der Waals surface area contributed by atoms with Gasteiger partial charge in [0.25, 0.3) is 5.91 Å². The van der Waals surface area contributed by atoms with Gasteiger partial charge in [-0.2, -0.15) is 0 Å². The van der Waals surface area contributed by atoms with Gasteiger partial charge in [0.15, 0.2) is 11.5 Å². The fourth-order valence-electron chi connectivity index (χ4n) is 2.03. The Kier molecular flexibility index (Phi) is 5.12. The molecule has 1 aromatic carbocycles. The van der Waals surface area contributed by atoms with Gasteiger partial charge >= 0.3 is 0 Å². The molecule has 0 atom stereocenters. The second-order valence-corrected chi connectivity index (χ2v) is 5.78. The number of hydrogen-bond donors (Lipinski definition) is 1. The number of benzene rings is 1. The SMILES string of the molecule is COc1cccc(OCCNC(=O)c2cc(-c3cccs3)on2)c1. The molecule has 24 heavy (non-hydrogen) atoms. The Morgan fingerprint density at radius 3 is 2.92 bits per heavy atom. The second-order valence-electron chi connectivity index (χ2n) is 4.84. The van der Waals surface area contributed by atoms with Crippen LogP contribution in [0.25, 0.3) is 10.6 Å². The summed E-state index contributed by atoms with van der Waals surface area (Å²) in [5.74, 6) is 1.70. The number of ether oxygens (including phenoxy) is 2. The first kappa shape index (κ1) is 16.1. The van der Waals surface area contributed by atoms with Crippen LogP contribution in [-0.2, 0) is 0 Å². The zero-order valence-corrected chi connectivity index (χ0v) is 13.8. The normalized spacial score (nSPS) is 10.4. The number of amides is 1. The van der Waals surface area contributed by atoms with Crippen LogP contribution in [0.2, 0.25) is 0 Å². The predicted molar refractivity (Wildman–Crippen MR) is 90.6 cm³/mol. The summed E-state index contributed by atoms with van der Waals surface area (Å²) < 4.78 is 15.9. The highest BCUT2D eigenvalue weighted by Gasteiger charge is 2.13. The van der Waals surface area contributed by atoms with E-state index in [2.05, 4.69) is 10.5 Å². The quantitative estimate of drug-likeness (QED) is 0.666. The third-order valence-corrected chi connectivity index (χ3v) is 4.09. The highest BCUT2D eigenvalue weighted by Crippen LogP contribution is 2.25. The Hall–Kier alpha value is -2.80. The van der Waals surface area contributed by atoms with Crippen molar-refractivity contribution < 1.29 is 18.8 Å². The molecule has 0 saturated carbocycles. The molecule has 2 heterocycles. The van der Waals surface area contributed by atoms with Crippen molar-refractivity contribution in [2.75, 3.05) is 20.3 Å². The number of methoxy groups -OCH3 is 1. The summed E-state index contributed by atoms with van der Waals surface area (Å²) in [5.41, 5.74) is 0.250. The van der Waals surface area contributed by atoms with Crippen LogP contribution < -0.4 is 14.8 Å². The minimum atomic E-state index is -0.296. The number of carbonyl (C=O) groups is 1. The molecule has 0 saturated heterocycles. The van der Waals surface area contributed by atoms with Gasteiger partial charge in [-0.3, -0.25) is 4.79 Å². The van der Waals surface area contributed by atoms with Gasteiger partial charge in [-0.15, -0.1) is 11.3 Å². The summed E-state index contributed by atoms with van der Waals surface area (Å²) in [5, 5.41) is 8.47. The Morgan fingerprint density at radius 1 is 1.25 bits per heavy atom. The average Bonchev–Trinajstić information content (AvgIpc) is 3.29. The molecule has 3 aromatic rings. The zero-order chi connectivity index (χ0) is 16.8. The van der Waals surface area contributed by atoms with Crippen LogP contribution in [0.5, 0.6) is 11.5 Å². The number of nitrogens with one attached hydrogen (secondary N) is 1. The molecule has 0 aliphatic carbocycles. The number of thiophene rings is 1. The highest BCUT2D eigenvalue weighted by molar-refractivity contribution is 7.13. The number of rotatable bonds is 7. The molecule has 0 unspecified atom stereocenters. The van der Waals surface area contributed by atoms with Crippen LogP contribution in [0, 0.1) is 0 Å². The first-order valence-electron chi connectivity index (χ1n) is 7.32. The topological polar surface area (TPSA) is 73.6 Å². The van der Waals surface area contributed by atoms with Crippen LogP contribution in [0.1, 0.15) is 10.5 Å². The molecule has 124 valence electrons. The largest absolute Gasteiger partial charge is 0.497 e. The van der Waals surface area contributed by atoms with E-state index in [0.29, 0.717) is 24.7 Å². The Bertz CT molecular complexity index is 799. The molecule has 7 heteroatoms. The number of carbonyl (C=O) groups excluding carboxylic acids is 1. The van der Waals surface area contributed by atoms with Crippen LogP contribution in [0.3, 0.4) is 0 Å². The van der Waals surface area contributed by atoms with E-state index in [4.69, 9.17) is 14.0 Å². The van der Waals surface area contributed by atoms with E-state index in [1.54, 1.807) is 19.2 Å². The third-order valence-electron chi connectivity index (χ3n) is 3.20. The summed E-state index contributed by atoms with van der Waals surface area (Å²) in [6, 6.07) is 12.7. The Morgan fingerprint density at radius 2 is 2.12 bits per heavy atom. The van der Waals surface area contributed by atoms with Gasteiger partial charge in [0.2, 0.25) is 0 Å². The molecule has 1 N–H and O–H groups in total. The molecule has 3 rings (SSSR count). The van der Waals surface area contributed by atoms with Crippen molar-refractivity contribution >= 4 is 17.2 Å². The molecule has 0 spiro atoms. The van der Waals surface area contributed by atoms with E-state index in [0.717, 1.165) is 10.6 Å². The van der Waals surface area contributed by atoms with Crippen molar-refractivity contribution in [3.8, 4) is 22.1 Å². The lowest BCUT2D eigenvalue weighted by atomic mass is 10.3. The third kappa shape index (κ3) is 3.94. The van der Waals surface area contributed by atoms with Crippen LogP contribution >= 0.6 is 11.3 Å². The summed E-state index contributed by atoms with van der Waals surface area (Å²) in [6.45, 7) is 0.700. The van der Waals surface area contributed by atoms with Gasteiger partial charge in [0.05, 0.1) is 18.5 Å². The highest BCUT2D eigenvalue weighted by atomic mass is 32.1. The summed E-state index contributed by atoms with van der Waals surface area (Å²) >= 11 is 1.53. The van der Waals surface area contributed by atoms with Crippen LogP contribution in [0.15, 0.2) is 52.4 Å². The monoisotopic (exact) mass is 344 g/mol. The Labute approximate surface area is 143 Å². The molecule has 0 aliphatic heterocycles. The zero-order valence-electron chi connectivity index (χ0n) is 13.0. The van der Waals surface area contributed by atoms with Gasteiger partial charge in [0, 0.05) is 12.1 Å². The van der Waals surface area contributed by atoms with E-state index in [9.17, 15) is 4.79 Å². The minimum Gasteiger partial charge on any atom is -0.497 e. The van der Waals surface area contributed by atoms with E-state index in [1.165, 1.54) is 11.3 Å². The number of hydrogen-bond acceptors (Lipinski definition) is 6.